The maximum atomic E-state index is 12.5. The van der Waals surface area contributed by atoms with Crippen molar-refractivity contribution in [2.24, 2.45) is 0 Å². The van der Waals surface area contributed by atoms with Crippen LogP contribution in [-0.2, 0) is 20.9 Å². The van der Waals surface area contributed by atoms with Crippen molar-refractivity contribution in [3.63, 3.8) is 0 Å². The predicted molar refractivity (Wildman–Crippen MR) is 85.6 cm³/mol. The molecule has 0 spiro atoms. The summed E-state index contributed by atoms with van der Waals surface area (Å²) >= 11 is 0. The lowest BCUT2D eigenvalue weighted by atomic mass is 9.82. The molecule has 6 heteroatoms. The van der Waals surface area contributed by atoms with E-state index in [0.29, 0.717) is 17.2 Å². The molecule has 0 amide bonds. The number of carbonyl (C=O) groups excluding carboxylic acids is 1. The van der Waals surface area contributed by atoms with E-state index in [1.165, 1.54) is 0 Å². The van der Waals surface area contributed by atoms with E-state index in [2.05, 4.69) is 5.16 Å². The van der Waals surface area contributed by atoms with Crippen LogP contribution < -0.4 is 4.74 Å². The van der Waals surface area contributed by atoms with E-state index >= 15 is 0 Å². The third kappa shape index (κ3) is 2.83. The Morgan fingerprint density at radius 3 is 2.88 bits per heavy atom. The summed E-state index contributed by atoms with van der Waals surface area (Å²) in [5, 5.41) is 3.95. The van der Waals surface area contributed by atoms with Crippen molar-refractivity contribution >= 4 is 5.97 Å². The molecule has 0 fully saturated rings. The fraction of sp³-hybridized carbons (Fsp3) is 0.444. The number of aromatic nitrogens is 1. The van der Waals surface area contributed by atoms with Crippen molar-refractivity contribution in [3.05, 3.63) is 47.3 Å². The summed E-state index contributed by atoms with van der Waals surface area (Å²) in [5.74, 6) is 0.579. The van der Waals surface area contributed by atoms with Gasteiger partial charge in [-0.25, -0.2) is 4.79 Å². The van der Waals surface area contributed by atoms with Gasteiger partial charge < -0.3 is 18.7 Å². The zero-order valence-corrected chi connectivity index (χ0v) is 14.2. The first kappa shape index (κ1) is 16.7. The van der Waals surface area contributed by atoms with Gasteiger partial charge >= 0.3 is 5.97 Å². The van der Waals surface area contributed by atoms with E-state index in [1.54, 1.807) is 26.2 Å². The molecule has 24 heavy (non-hydrogen) atoms. The molecule has 3 unspecified atom stereocenters. The Morgan fingerprint density at radius 2 is 2.12 bits per heavy atom. The smallest absolute Gasteiger partial charge is 0.344 e. The van der Waals surface area contributed by atoms with Gasteiger partial charge in [0, 0.05) is 24.7 Å². The molecule has 1 aliphatic heterocycles. The van der Waals surface area contributed by atoms with Crippen molar-refractivity contribution in [2.45, 2.75) is 45.0 Å². The Labute approximate surface area is 140 Å². The van der Waals surface area contributed by atoms with Gasteiger partial charge in [0.05, 0.1) is 6.10 Å². The van der Waals surface area contributed by atoms with Crippen molar-refractivity contribution < 1.29 is 23.5 Å². The molecule has 0 aliphatic carbocycles. The molecule has 1 aliphatic rings. The molecule has 2 aromatic rings. The molecule has 0 bridgehead atoms. The summed E-state index contributed by atoms with van der Waals surface area (Å²) in [5.41, 5.74) is 0.547. The molecule has 6 nitrogen and oxygen atoms in total. The third-order valence-corrected chi connectivity index (χ3v) is 4.68. The average molecular weight is 331 g/mol. The highest BCUT2D eigenvalue weighted by Gasteiger charge is 2.47. The molecule has 3 atom stereocenters. The van der Waals surface area contributed by atoms with Crippen LogP contribution in [0.1, 0.15) is 49.8 Å². The first-order chi connectivity index (χ1) is 11.5. The number of methoxy groups -OCH3 is 1. The summed E-state index contributed by atoms with van der Waals surface area (Å²) < 4.78 is 21.8. The van der Waals surface area contributed by atoms with Gasteiger partial charge in [-0.1, -0.05) is 30.3 Å². The van der Waals surface area contributed by atoms with E-state index in [-0.39, 0.29) is 18.6 Å². The van der Waals surface area contributed by atoms with E-state index in [9.17, 15) is 4.79 Å². The van der Waals surface area contributed by atoms with Crippen LogP contribution in [0.15, 0.2) is 34.9 Å². The number of esters is 1. The number of fused-ring (bicyclic) bond motifs is 1. The van der Waals surface area contributed by atoms with Gasteiger partial charge in [0.2, 0.25) is 0 Å². The van der Waals surface area contributed by atoms with Gasteiger partial charge in [0.1, 0.15) is 18.1 Å². The minimum Gasteiger partial charge on any atom is -0.424 e. The van der Waals surface area contributed by atoms with Crippen LogP contribution in [0.2, 0.25) is 0 Å². The molecule has 128 valence electrons. The summed E-state index contributed by atoms with van der Waals surface area (Å²) in [6.07, 6.45) is -0.163. The fourth-order valence-corrected chi connectivity index (χ4v) is 2.72. The van der Waals surface area contributed by atoms with Gasteiger partial charge in [0.15, 0.2) is 11.4 Å². The topological polar surface area (TPSA) is 70.8 Å². The Hall–Kier alpha value is -2.18. The van der Waals surface area contributed by atoms with Crippen molar-refractivity contribution in [1.29, 1.82) is 0 Å². The lowest BCUT2D eigenvalue weighted by Crippen LogP contribution is -2.48. The van der Waals surface area contributed by atoms with Crippen molar-refractivity contribution in [2.75, 3.05) is 7.11 Å². The number of benzene rings is 1. The minimum atomic E-state index is -1.09. The fourth-order valence-electron chi connectivity index (χ4n) is 2.72. The molecule has 0 saturated carbocycles. The summed E-state index contributed by atoms with van der Waals surface area (Å²) in [6.45, 7) is 5.70. The standard InChI is InChI=1S/C18H21NO5/c1-11-14-7-5-6-8-16(14)23-17(20)18(11,3)22-10-13-9-15(19-24-13)12(2)21-4/h5-9,11-12H,10H2,1-4H3. The zero-order valence-electron chi connectivity index (χ0n) is 14.2. The SMILES string of the molecule is COC(C)c1cc(COC2(C)C(=O)Oc3ccccc3C2C)on1. The largest absolute Gasteiger partial charge is 0.424 e. The molecule has 3 rings (SSSR count). The van der Waals surface area contributed by atoms with Gasteiger partial charge in [-0.05, 0) is 19.9 Å². The van der Waals surface area contributed by atoms with Crippen LogP contribution in [-0.4, -0.2) is 23.8 Å². The van der Waals surface area contributed by atoms with Crippen LogP contribution in [0.5, 0.6) is 5.75 Å². The molecular weight excluding hydrogens is 310 g/mol. The third-order valence-electron chi connectivity index (χ3n) is 4.68. The second kappa shape index (κ2) is 6.37. The van der Waals surface area contributed by atoms with Gasteiger partial charge in [-0.15, -0.1) is 0 Å². The normalized spacial score (nSPS) is 24.3. The number of para-hydroxylation sites is 1. The summed E-state index contributed by atoms with van der Waals surface area (Å²) in [7, 11) is 1.60. The molecule has 1 aromatic carbocycles. The number of nitrogens with zero attached hydrogens (tertiary/aromatic N) is 1. The first-order valence-corrected chi connectivity index (χ1v) is 7.89. The van der Waals surface area contributed by atoms with Gasteiger partial charge in [-0.3, -0.25) is 0 Å². The Bertz CT molecular complexity index is 741. The summed E-state index contributed by atoms with van der Waals surface area (Å²) in [4.78, 5) is 12.5. The van der Waals surface area contributed by atoms with Crippen molar-refractivity contribution in [1.82, 2.24) is 5.16 Å². The van der Waals surface area contributed by atoms with Gasteiger partial charge in [-0.2, -0.15) is 0 Å². The highest BCUT2D eigenvalue weighted by atomic mass is 16.6. The number of hydrogen-bond donors (Lipinski definition) is 0. The molecule has 0 radical (unpaired) electrons. The van der Waals surface area contributed by atoms with Crippen LogP contribution in [0.25, 0.3) is 0 Å². The van der Waals surface area contributed by atoms with E-state index < -0.39 is 11.6 Å². The Balaban J connectivity index is 1.76. The maximum absolute atomic E-state index is 12.5. The van der Waals surface area contributed by atoms with Crippen molar-refractivity contribution in [3.8, 4) is 5.75 Å². The van der Waals surface area contributed by atoms with Crippen LogP contribution in [0, 0.1) is 0 Å². The quantitative estimate of drug-likeness (QED) is 0.618. The minimum absolute atomic E-state index is 0.127. The lowest BCUT2D eigenvalue weighted by Gasteiger charge is -2.37. The second-order valence-corrected chi connectivity index (χ2v) is 6.14. The number of ether oxygens (including phenoxy) is 3. The molecular formula is C18H21NO5. The lowest BCUT2D eigenvalue weighted by molar-refractivity contribution is -0.169. The van der Waals surface area contributed by atoms with Gasteiger partial charge in [0.25, 0.3) is 0 Å². The molecule has 1 aromatic heterocycles. The Kier molecular flexibility index (Phi) is 4.43. The first-order valence-electron chi connectivity index (χ1n) is 7.89. The van der Waals surface area contributed by atoms with Crippen LogP contribution >= 0.6 is 0 Å². The van der Waals surface area contributed by atoms with Crippen LogP contribution in [0.3, 0.4) is 0 Å². The molecule has 0 saturated heterocycles. The predicted octanol–water partition coefficient (Wildman–Crippen LogP) is 3.38. The number of rotatable bonds is 5. The Morgan fingerprint density at radius 1 is 1.38 bits per heavy atom. The summed E-state index contributed by atoms with van der Waals surface area (Å²) in [6, 6.07) is 9.27. The van der Waals surface area contributed by atoms with E-state index in [1.807, 2.05) is 32.0 Å². The molecule has 0 N–H and O–H groups in total. The average Bonchev–Trinajstić information content (AvgIpc) is 3.07. The number of carbonyl (C=O) groups is 1. The molecule has 2 heterocycles. The zero-order chi connectivity index (χ0) is 17.3. The second-order valence-electron chi connectivity index (χ2n) is 6.14. The monoisotopic (exact) mass is 331 g/mol. The number of hydrogen-bond acceptors (Lipinski definition) is 6. The maximum Gasteiger partial charge on any atom is 0.344 e. The highest BCUT2D eigenvalue weighted by Crippen LogP contribution is 2.42. The van der Waals surface area contributed by atoms with E-state index in [4.69, 9.17) is 18.7 Å². The van der Waals surface area contributed by atoms with Crippen LogP contribution in [0.4, 0.5) is 0 Å². The highest BCUT2D eigenvalue weighted by molar-refractivity contribution is 5.85. The van der Waals surface area contributed by atoms with E-state index in [0.717, 1.165) is 5.56 Å².